The number of nitrogens with two attached hydrogens (primary N) is 2. The zero-order chi connectivity index (χ0) is 27.7. The first kappa shape index (κ1) is 45.2. The highest BCUT2D eigenvalue weighted by atomic mass is 16.1. The smallest absolute Gasteiger partial charge is 0.185 e. The van der Waals surface area contributed by atoms with Crippen LogP contribution < -0.4 is 11.5 Å². The number of hydrogen-bond acceptors (Lipinski definition) is 3. The molecule has 0 bridgehead atoms. The van der Waals surface area contributed by atoms with Crippen molar-refractivity contribution in [2.24, 2.45) is 40.1 Å². The first-order valence-corrected chi connectivity index (χ1v) is 13.6. The summed E-state index contributed by atoms with van der Waals surface area (Å²) >= 11 is 0. The molecular formula is C28H65N3O2. The van der Waals surface area contributed by atoms with Crippen LogP contribution in [0.5, 0.6) is 0 Å². The predicted octanol–water partition coefficient (Wildman–Crippen LogP) is 8.04. The summed E-state index contributed by atoms with van der Waals surface area (Å²) in [6.45, 7) is 27.8. The van der Waals surface area contributed by atoms with Crippen molar-refractivity contribution in [3.05, 3.63) is 0 Å². The van der Waals surface area contributed by atoms with Crippen molar-refractivity contribution in [1.29, 1.82) is 0 Å². The van der Waals surface area contributed by atoms with Gasteiger partial charge in [0.1, 0.15) is 12.6 Å². The van der Waals surface area contributed by atoms with Gasteiger partial charge in [0.2, 0.25) is 0 Å². The van der Waals surface area contributed by atoms with Crippen molar-refractivity contribution in [3.8, 4) is 0 Å². The topological polar surface area (TPSA) is 98.5 Å². The van der Waals surface area contributed by atoms with Crippen LogP contribution in [0.1, 0.15) is 135 Å². The zero-order valence-corrected chi connectivity index (χ0v) is 25.0. The summed E-state index contributed by atoms with van der Waals surface area (Å²) < 4.78 is 0. The number of rotatable bonds is 12. The first-order valence-electron chi connectivity index (χ1n) is 13.6. The molecule has 0 saturated carbocycles. The number of hydrogen-bond donors (Lipinski definition) is 2. The molecule has 0 aromatic carbocycles. The van der Waals surface area contributed by atoms with Crippen molar-refractivity contribution in [1.82, 2.24) is 0 Å². The lowest BCUT2D eigenvalue weighted by Crippen LogP contribution is -2.23. The highest BCUT2D eigenvalue weighted by molar-refractivity contribution is 5.75. The molecule has 0 aliphatic heterocycles. The molecule has 0 saturated heterocycles. The van der Waals surface area contributed by atoms with E-state index in [1.54, 1.807) is 0 Å². The number of guanidine groups is 1. The van der Waals surface area contributed by atoms with E-state index < -0.39 is 0 Å². The van der Waals surface area contributed by atoms with E-state index >= 15 is 0 Å². The van der Waals surface area contributed by atoms with Crippen LogP contribution in [-0.4, -0.2) is 25.1 Å². The summed E-state index contributed by atoms with van der Waals surface area (Å²) in [7, 11) is 0. The maximum Gasteiger partial charge on any atom is 0.185 e. The summed E-state index contributed by atoms with van der Waals surface area (Å²) in [5, 5.41) is 0. The van der Waals surface area contributed by atoms with Crippen LogP contribution in [0, 0.1) is 23.7 Å². The van der Waals surface area contributed by atoms with E-state index in [0.717, 1.165) is 56.0 Å². The number of aldehydes is 2. The fraction of sp³-hybridized carbons (Fsp3) is 0.893. The van der Waals surface area contributed by atoms with Gasteiger partial charge in [-0.05, 0) is 50.4 Å². The minimum Gasteiger partial charge on any atom is -0.370 e. The molecule has 5 heteroatoms. The van der Waals surface area contributed by atoms with Crippen LogP contribution in [-0.2, 0) is 9.59 Å². The molecule has 0 aliphatic rings. The Morgan fingerprint density at radius 3 is 1.52 bits per heavy atom. The molecule has 0 heterocycles. The van der Waals surface area contributed by atoms with E-state index in [-0.39, 0.29) is 11.9 Å². The zero-order valence-electron chi connectivity index (χ0n) is 25.0. The van der Waals surface area contributed by atoms with Gasteiger partial charge in [0.25, 0.3) is 0 Å². The van der Waals surface area contributed by atoms with Crippen molar-refractivity contribution < 1.29 is 9.59 Å². The van der Waals surface area contributed by atoms with E-state index in [1.165, 1.54) is 26.2 Å². The Morgan fingerprint density at radius 1 is 0.788 bits per heavy atom. The van der Waals surface area contributed by atoms with Crippen LogP contribution in [0.3, 0.4) is 0 Å². The maximum atomic E-state index is 10.5. The third kappa shape index (κ3) is 53.7. The van der Waals surface area contributed by atoms with Gasteiger partial charge >= 0.3 is 0 Å². The average Bonchev–Trinajstić information content (AvgIpc) is 2.80. The summed E-state index contributed by atoms with van der Waals surface area (Å²) in [5.41, 5.74) is 10.3. The monoisotopic (exact) mass is 476 g/mol. The van der Waals surface area contributed by atoms with Gasteiger partial charge in [-0.15, -0.1) is 0 Å². The lowest BCUT2D eigenvalue weighted by Gasteiger charge is -2.20. The average molecular weight is 476 g/mol. The van der Waals surface area contributed by atoms with Crippen LogP contribution in [0.4, 0.5) is 0 Å². The number of carbonyl (C=O) groups excluding carboxylic acids is 2. The first-order chi connectivity index (χ1) is 15.7. The second kappa shape index (κ2) is 44.3. The van der Waals surface area contributed by atoms with Gasteiger partial charge in [0.05, 0.1) is 0 Å². The molecule has 0 rings (SSSR count). The maximum absolute atomic E-state index is 10.5. The Hall–Kier alpha value is -1.39. The Bertz CT molecular complexity index is 355. The molecule has 0 aromatic heterocycles. The van der Waals surface area contributed by atoms with E-state index in [1.807, 2.05) is 41.5 Å². The third-order valence-corrected chi connectivity index (χ3v) is 4.44. The molecule has 0 fully saturated rings. The number of nitrogens with zero attached hydrogens (tertiary/aromatic N) is 1. The van der Waals surface area contributed by atoms with Crippen LogP contribution in [0.25, 0.3) is 0 Å². The lowest BCUT2D eigenvalue weighted by molar-refractivity contribution is -0.111. The highest BCUT2D eigenvalue weighted by Gasteiger charge is 2.12. The molecule has 0 aromatic rings. The highest BCUT2D eigenvalue weighted by Crippen LogP contribution is 2.23. The van der Waals surface area contributed by atoms with Gasteiger partial charge in [-0.3, -0.25) is 4.99 Å². The fourth-order valence-electron chi connectivity index (χ4n) is 2.93. The second-order valence-corrected chi connectivity index (χ2v) is 7.74. The molecule has 2 unspecified atom stereocenters. The normalized spacial score (nSPS) is 11.3. The predicted molar refractivity (Wildman–Crippen MR) is 153 cm³/mol. The van der Waals surface area contributed by atoms with E-state index in [0.29, 0.717) is 6.54 Å². The minimum atomic E-state index is 0.123. The van der Waals surface area contributed by atoms with Crippen LogP contribution >= 0.6 is 0 Å². The molecule has 0 amide bonds. The summed E-state index contributed by atoms with van der Waals surface area (Å²) in [6, 6.07) is 0. The van der Waals surface area contributed by atoms with Gasteiger partial charge < -0.3 is 21.1 Å². The molecule has 5 nitrogen and oxygen atoms in total. The van der Waals surface area contributed by atoms with E-state index in [4.69, 9.17) is 16.3 Å². The summed E-state index contributed by atoms with van der Waals surface area (Å²) in [5.74, 6) is 3.00. The Morgan fingerprint density at radius 2 is 1.21 bits per heavy atom. The minimum absolute atomic E-state index is 0.123. The molecule has 4 N–H and O–H groups in total. The molecule has 0 radical (unpaired) electrons. The number of aliphatic imine (C=N–C) groups is 1. The Balaban J connectivity index is -0.0000000822. The molecular weight excluding hydrogens is 410 g/mol. The van der Waals surface area contributed by atoms with Gasteiger partial charge in [-0.2, -0.15) is 0 Å². The molecule has 0 spiro atoms. The van der Waals surface area contributed by atoms with Crippen LogP contribution in [0.15, 0.2) is 4.99 Å². The largest absolute Gasteiger partial charge is 0.370 e. The van der Waals surface area contributed by atoms with Gasteiger partial charge in [-0.1, -0.05) is 102 Å². The van der Waals surface area contributed by atoms with Crippen molar-refractivity contribution in [3.63, 3.8) is 0 Å². The Labute approximate surface area is 210 Å². The SMILES string of the molecule is CC.CC.CC.CC=O.CCCC(C)[C@H](C)CC(C)C.CCCC(C=O)CCCN=C(N)N. The van der Waals surface area contributed by atoms with Crippen molar-refractivity contribution in [2.75, 3.05) is 6.54 Å². The summed E-state index contributed by atoms with van der Waals surface area (Å²) in [4.78, 5) is 23.2. The quantitative estimate of drug-likeness (QED) is 0.129. The molecule has 204 valence electrons. The van der Waals surface area contributed by atoms with Crippen LogP contribution in [0.2, 0.25) is 0 Å². The van der Waals surface area contributed by atoms with Gasteiger partial charge in [0.15, 0.2) is 5.96 Å². The second-order valence-electron chi connectivity index (χ2n) is 7.74. The fourth-order valence-corrected chi connectivity index (χ4v) is 2.93. The van der Waals surface area contributed by atoms with E-state index in [9.17, 15) is 4.79 Å². The molecule has 3 atom stereocenters. The van der Waals surface area contributed by atoms with Crippen molar-refractivity contribution in [2.45, 2.75) is 135 Å². The van der Waals surface area contributed by atoms with E-state index in [2.05, 4.69) is 46.5 Å². The standard InChI is InChI=1S/C11H24.C9H19N3O.C2H4O.3C2H6/c1-6-7-10(4)11(5)8-9(2)3;1-2-4-8(7-13)5-3-6-12-9(10)11;1-2-3;3*1-2/h9-11H,6-8H2,1-5H3;7-8H,2-6H2,1H3,(H4,10,11,12);2H,1H3;3*1-2H3/t10?,11-;;;;;/m1...../s1. The van der Waals surface area contributed by atoms with Gasteiger partial charge in [-0.25, -0.2) is 0 Å². The third-order valence-electron chi connectivity index (χ3n) is 4.44. The van der Waals surface area contributed by atoms with Crippen molar-refractivity contribution >= 4 is 18.5 Å². The Kier molecular flexibility index (Phi) is 60.6. The number of carbonyl (C=O) groups is 2. The molecule has 0 aliphatic carbocycles. The summed E-state index contributed by atoms with van der Waals surface area (Å²) in [6.07, 6.45) is 9.67. The molecule has 33 heavy (non-hydrogen) atoms. The lowest BCUT2D eigenvalue weighted by atomic mass is 9.86. The van der Waals surface area contributed by atoms with Gasteiger partial charge in [0, 0.05) is 12.5 Å².